The van der Waals surface area contributed by atoms with E-state index < -0.39 is 12.1 Å². The molecular formula is C14H23ClN2O3. The van der Waals surface area contributed by atoms with Crippen molar-refractivity contribution in [1.82, 2.24) is 0 Å². The van der Waals surface area contributed by atoms with E-state index >= 15 is 0 Å². The Morgan fingerprint density at radius 1 is 1.20 bits per heavy atom. The van der Waals surface area contributed by atoms with Crippen LogP contribution in [0.5, 0.6) is 11.5 Å². The predicted octanol–water partition coefficient (Wildman–Crippen LogP) is 1.85. The van der Waals surface area contributed by atoms with E-state index in [4.69, 9.17) is 32.5 Å². The van der Waals surface area contributed by atoms with Gasteiger partial charge >= 0.3 is 0 Å². The first kappa shape index (κ1) is 17.0. The molecule has 0 radical (unpaired) electrons. The molecule has 1 aromatic carbocycles. The Kier molecular flexibility index (Phi) is 7.09. The minimum Gasteiger partial charge on any atom is -0.493 e. The predicted molar refractivity (Wildman–Crippen MR) is 80.4 cm³/mol. The summed E-state index contributed by atoms with van der Waals surface area (Å²) in [6.07, 6.45) is -0.370. The smallest absolute Gasteiger partial charge is 0.141 e. The van der Waals surface area contributed by atoms with Gasteiger partial charge in [-0.05, 0) is 32.9 Å². The lowest BCUT2D eigenvalue weighted by molar-refractivity contribution is 0.138. The third kappa shape index (κ3) is 4.24. The SMILES string of the molecule is CCOc1cc(OCC)c(C(O)C(N)CCN)cc1Cl. The quantitative estimate of drug-likeness (QED) is 0.682. The molecule has 0 saturated heterocycles. The van der Waals surface area contributed by atoms with Crippen molar-refractivity contribution in [3.05, 3.63) is 22.7 Å². The summed E-state index contributed by atoms with van der Waals surface area (Å²) in [6.45, 7) is 5.12. The van der Waals surface area contributed by atoms with Crippen molar-refractivity contribution in [3.63, 3.8) is 0 Å². The fraction of sp³-hybridized carbons (Fsp3) is 0.571. The van der Waals surface area contributed by atoms with E-state index in [1.54, 1.807) is 12.1 Å². The van der Waals surface area contributed by atoms with Crippen molar-refractivity contribution in [2.24, 2.45) is 11.5 Å². The molecule has 0 heterocycles. The Morgan fingerprint density at radius 2 is 1.80 bits per heavy atom. The summed E-state index contributed by atoms with van der Waals surface area (Å²) in [5.74, 6) is 1.06. The van der Waals surface area contributed by atoms with Gasteiger partial charge in [0.05, 0.1) is 24.3 Å². The number of nitrogens with two attached hydrogens (primary N) is 2. The molecular weight excluding hydrogens is 280 g/mol. The first-order valence-electron chi connectivity index (χ1n) is 6.77. The number of aliphatic hydroxyl groups is 1. The molecule has 0 aromatic heterocycles. The summed E-state index contributed by atoms with van der Waals surface area (Å²) in [5.41, 5.74) is 11.9. The molecule has 5 nitrogen and oxygen atoms in total. The summed E-state index contributed by atoms with van der Waals surface area (Å²) in [5, 5.41) is 10.7. The van der Waals surface area contributed by atoms with E-state index in [1.807, 2.05) is 13.8 Å². The van der Waals surface area contributed by atoms with Crippen molar-refractivity contribution in [3.8, 4) is 11.5 Å². The summed E-state index contributed by atoms with van der Waals surface area (Å²) in [6, 6.07) is 2.86. The topological polar surface area (TPSA) is 90.7 Å². The number of hydrogen-bond acceptors (Lipinski definition) is 5. The van der Waals surface area contributed by atoms with Gasteiger partial charge in [-0.2, -0.15) is 0 Å². The van der Waals surface area contributed by atoms with E-state index in [9.17, 15) is 5.11 Å². The van der Waals surface area contributed by atoms with Crippen LogP contribution in [0.2, 0.25) is 5.02 Å². The molecule has 1 rings (SSSR count). The zero-order chi connectivity index (χ0) is 15.1. The third-order valence-electron chi connectivity index (χ3n) is 2.89. The Balaban J connectivity index is 3.12. The Morgan fingerprint density at radius 3 is 2.35 bits per heavy atom. The standard InChI is InChI=1S/C14H23ClN2O3/c1-3-19-12-8-13(20-4-2)10(15)7-9(12)14(18)11(17)5-6-16/h7-8,11,14,18H,3-6,16-17H2,1-2H3. The van der Waals surface area contributed by atoms with Crippen LogP contribution in [-0.2, 0) is 0 Å². The highest BCUT2D eigenvalue weighted by Crippen LogP contribution is 2.37. The van der Waals surface area contributed by atoms with Crippen molar-refractivity contribution in [2.45, 2.75) is 32.4 Å². The van der Waals surface area contributed by atoms with Crippen LogP contribution in [0.25, 0.3) is 0 Å². The maximum Gasteiger partial charge on any atom is 0.141 e. The lowest BCUT2D eigenvalue weighted by Crippen LogP contribution is -2.31. The van der Waals surface area contributed by atoms with E-state index in [0.29, 0.717) is 48.3 Å². The summed E-state index contributed by atoms with van der Waals surface area (Å²) in [4.78, 5) is 0. The number of aliphatic hydroxyl groups excluding tert-OH is 1. The Hall–Kier alpha value is -1.01. The van der Waals surface area contributed by atoms with Gasteiger partial charge < -0.3 is 26.0 Å². The zero-order valence-electron chi connectivity index (χ0n) is 11.9. The van der Waals surface area contributed by atoms with Crippen LogP contribution in [0, 0.1) is 0 Å². The lowest BCUT2D eigenvalue weighted by Gasteiger charge is -2.22. The van der Waals surface area contributed by atoms with E-state index in [1.165, 1.54) is 0 Å². The maximum atomic E-state index is 10.3. The number of rotatable bonds is 8. The van der Waals surface area contributed by atoms with Gasteiger partial charge in [0.2, 0.25) is 0 Å². The molecule has 0 aliphatic rings. The van der Waals surface area contributed by atoms with Gasteiger partial charge in [-0.3, -0.25) is 0 Å². The second-order valence-electron chi connectivity index (χ2n) is 4.37. The maximum absolute atomic E-state index is 10.3. The number of halogens is 1. The van der Waals surface area contributed by atoms with Gasteiger partial charge in [0.15, 0.2) is 0 Å². The summed E-state index contributed by atoms with van der Waals surface area (Å²) in [7, 11) is 0. The minimum absolute atomic E-state index is 0.410. The molecule has 0 aliphatic carbocycles. The lowest BCUT2D eigenvalue weighted by atomic mass is 9.99. The highest BCUT2D eigenvalue weighted by molar-refractivity contribution is 6.32. The second kappa shape index (κ2) is 8.32. The molecule has 6 heteroatoms. The van der Waals surface area contributed by atoms with Gasteiger partial charge in [0.1, 0.15) is 11.5 Å². The molecule has 0 amide bonds. The summed E-state index contributed by atoms with van der Waals surface area (Å²) >= 11 is 6.15. The van der Waals surface area contributed by atoms with Crippen LogP contribution in [-0.4, -0.2) is 30.9 Å². The van der Waals surface area contributed by atoms with Gasteiger partial charge in [0.25, 0.3) is 0 Å². The molecule has 0 aliphatic heterocycles. The van der Waals surface area contributed by atoms with Crippen LogP contribution in [0.3, 0.4) is 0 Å². The van der Waals surface area contributed by atoms with Crippen molar-refractivity contribution >= 4 is 11.6 Å². The van der Waals surface area contributed by atoms with Crippen LogP contribution < -0.4 is 20.9 Å². The fourth-order valence-electron chi connectivity index (χ4n) is 1.91. The molecule has 0 saturated carbocycles. The first-order valence-corrected chi connectivity index (χ1v) is 7.15. The van der Waals surface area contributed by atoms with Crippen LogP contribution in [0.4, 0.5) is 0 Å². The minimum atomic E-state index is -0.881. The van der Waals surface area contributed by atoms with E-state index in [2.05, 4.69) is 0 Å². The fourth-order valence-corrected chi connectivity index (χ4v) is 2.14. The highest BCUT2D eigenvalue weighted by atomic mass is 35.5. The molecule has 5 N–H and O–H groups in total. The van der Waals surface area contributed by atoms with Gasteiger partial charge in [0, 0.05) is 17.7 Å². The Labute approximate surface area is 124 Å². The molecule has 114 valence electrons. The molecule has 20 heavy (non-hydrogen) atoms. The molecule has 2 unspecified atom stereocenters. The normalized spacial score (nSPS) is 13.9. The van der Waals surface area contributed by atoms with Crippen molar-refractivity contribution in [2.75, 3.05) is 19.8 Å². The molecule has 0 spiro atoms. The highest BCUT2D eigenvalue weighted by Gasteiger charge is 2.22. The monoisotopic (exact) mass is 302 g/mol. The average molecular weight is 303 g/mol. The molecule has 2 atom stereocenters. The van der Waals surface area contributed by atoms with Crippen LogP contribution >= 0.6 is 11.6 Å². The average Bonchev–Trinajstić information content (AvgIpc) is 2.42. The van der Waals surface area contributed by atoms with Crippen molar-refractivity contribution < 1.29 is 14.6 Å². The van der Waals surface area contributed by atoms with Gasteiger partial charge in [-0.25, -0.2) is 0 Å². The molecule has 0 fully saturated rings. The number of benzene rings is 1. The largest absolute Gasteiger partial charge is 0.493 e. The third-order valence-corrected chi connectivity index (χ3v) is 3.18. The summed E-state index contributed by atoms with van der Waals surface area (Å²) < 4.78 is 11.0. The number of hydrogen-bond donors (Lipinski definition) is 3. The van der Waals surface area contributed by atoms with E-state index in [-0.39, 0.29) is 0 Å². The van der Waals surface area contributed by atoms with Gasteiger partial charge in [-0.1, -0.05) is 11.6 Å². The number of ether oxygens (including phenoxy) is 2. The zero-order valence-corrected chi connectivity index (χ0v) is 12.7. The van der Waals surface area contributed by atoms with Crippen LogP contribution in [0.1, 0.15) is 31.9 Å². The molecule has 0 bridgehead atoms. The van der Waals surface area contributed by atoms with Crippen molar-refractivity contribution in [1.29, 1.82) is 0 Å². The first-order chi connectivity index (χ1) is 9.54. The van der Waals surface area contributed by atoms with Gasteiger partial charge in [-0.15, -0.1) is 0 Å². The second-order valence-corrected chi connectivity index (χ2v) is 4.78. The Bertz CT molecular complexity index is 429. The molecule has 1 aromatic rings. The van der Waals surface area contributed by atoms with Crippen LogP contribution in [0.15, 0.2) is 12.1 Å². The van der Waals surface area contributed by atoms with E-state index in [0.717, 1.165) is 0 Å².